The number of nitrogens with one attached hydrogen (secondary N) is 2. The van der Waals surface area contributed by atoms with E-state index in [1.54, 1.807) is 0 Å². The molecule has 4 bridgehead atoms. The van der Waals surface area contributed by atoms with E-state index in [1.807, 2.05) is 0 Å². The second-order valence-corrected chi connectivity index (χ2v) is 11.2. The normalized spacial score (nSPS) is 44.3. The minimum absolute atomic E-state index is 0.105. The Balaban J connectivity index is 1.22. The van der Waals surface area contributed by atoms with Crippen molar-refractivity contribution in [1.82, 2.24) is 15.5 Å². The lowest BCUT2D eigenvalue weighted by Gasteiger charge is -2.59. The van der Waals surface area contributed by atoms with E-state index in [1.165, 1.54) is 38.5 Å². The monoisotopic (exact) mass is 401 g/mol. The van der Waals surface area contributed by atoms with Crippen molar-refractivity contribution in [3.8, 4) is 0 Å². The first kappa shape index (κ1) is 19.4. The molecule has 0 radical (unpaired) electrons. The highest BCUT2D eigenvalue weighted by Gasteiger charge is 2.54. The standard InChI is InChI=1S/C23H35N3O3/c1-14-3-5-23(6-4-14)20(28)26(21(29)25-23)13-19(27)24-15(2)22-10-16-7-17(11-22)9-18(8-16)12-22/h14-18H,3-13H2,1-2H3,(H,24,27)(H,25,29). The number of amides is 4. The van der Waals surface area contributed by atoms with E-state index in [-0.39, 0.29) is 29.8 Å². The second kappa shape index (κ2) is 6.71. The first-order chi connectivity index (χ1) is 13.8. The fraction of sp³-hybridized carbons (Fsp3) is 0.870. The predicted molar refractivity (Wildman–Crippen MR) is 109 cm³/mol. The Labute approximate surface area is 173 Å². The Hall–Kier alpha value is -1.59. The van der Waals surface area contributed by atoms with E-state index in [2.05, 4.69) is 24.5 Å². The van der Waals surface area contributed by atoms with Gasteiger partial charge in [0.1, 0.15) is 12.1 Å². The molecule has 0 aromatic rings. The van der Waals surface area contributed by atoms with Gasteiger partial charge in [-0.15, -0.1) is 0 Å². The maximum Gasteiger partial charge on any atom is 0.325 e. The number of hydrogen-bond acceptors (Lipinski definition) is 3. The minimum atomic E-state index is -0.768. The van der Waals surface area contributed by atoms with Crippen molar-refractivity contribution in [2.45, 2.75) is 89.6 Å². The topological polar surface area (TPSA) is 78.5 Å². The largest absolute Gasteiger partial charge is 0.352 e. The van der Waals surface area contributed by atoms with Crippen molar-refractivity contribution in [3.05, 3.63) is 0 Å². The van der Waals surface area contributed by atoms with Gasteiger partial charge < -0.3 is 10.6 Å². The average molecular weight is 402 g/mol. The van der Waals surface area contributed by atoms with E-state index in [0.29, 0.717) is 18.8 Å². The molecule has 6 fully saturated rings. The molecule has 6 heteroatoms. The predicted octanol–water partition coefficient (Wildman–Crippen LogP) is 3.21. The van der Waals surface area contributed by atoms with Crippen LogP contribution in [0.15, 0.2) is 0 Å². The van der Waals surface area contributed by atoms with Crippen LogP contribution in [-0.2, 0) is 9.59 Å². The Bertz CT molecular complexity index is 690. The van der Waals surface area contributed by atoms with Crippen LogP contribution in [-0.4, -0.2) is 40.9 Å². The summed E-state index contributed by atoms with van der Waals surface area (Å²) in [5.41, 5.74) is -0.544. The van der Waals surface area contributed by atoms with E-state index < -0.39 is 11.6 Å². The molecule has 2 N–H and O–H groups in total. The Morgan fingerprint density at radius 2 is 1.66 bits per heavy atom. The number of hydrogen-bond donors (Lipinski definition) is 2. The Morgan fingerprint density at radius 1 is 1.10 bits per heavy atom. The summed E-state index contributed by atoms with van der Waals surface area (Å²) in [5.74, 6) is 2.69. The van der Waals surface area contributed by atoms with Crippen molar-refractivity contribution >= 4 is 17.8 Å². The first-order valence-electron chi connectivity index (χ1n) is 11.7. The van der Waals surface area contributed by atoms with E-state index in [9.17, 15) is 14.4 Å². The molecule has 6 aliphatic rings. The third-order valence-electron chi connectivity index (χ3n) is 9.06. The summed E-state index contributed by atoms with van der Waals surface area (Å²) < 4.78 is 0. The SMILES string of the molecule is CC1CCC2(CC1)NC(=O)N(CC(=O)NC(C)C13CC4CC(CC(C4)C1)C3)C2=O. The van der Waals surface area contributed by atoms with Crippen molar-refractivity contribution < 1.29 is 14.4 Å². The van der Waals surface area contributed by atoms with Crippen molar-refractivity contribution in [1.29, 1.82) is 0 Å². The highest BCUT2D eigenvalue weighted by atomic mass is 16.2. The molecule has 4 amide bonds. The number of rotatable bonds is 4. The highest BCUT2D eigenvalue weighted by Crippen LogP contribution is 2.61. The molecule has 0 aromatic carbocycles. The third kappa shape index (κ3) is 3.17. The number of nitrogens with zero attached hydrogens (tertiary/aromatic N) is 1. The van der Waals surface area contributed by atoms with Gasteiger partial charge in [-0.25, -0.2) is 4.79 Å². The molecule has 6 rings (SSSR count). The Kier molecular flexibility index (Phi) is 4.48. The van der Waals surface area contributed by atoms with Gasteiger partial charge in [0.2, 0.25) is 5.91 Å². The summed E-state index contributed by atoms with van der Waals surface area (Å²) in [6, 6.07) is -0.296. The smallest absolute Gasteiger partial charge is 0.325 e. The van der Waals surface area contributed by atoms with Gasteiger partial charge in [0.15, 0.2) is 0 Å². The molecule has 1 heterocycles. The zero-order chi connectivity index (χ0) is 20.4. The lowest BCUT2D eigenvalue weighted by atomic mass is 9.48. The van der Waals surface area contributed by atoms with Gasteiger partial charge in [0.25, 0.3) is 5.91 Å². The summed E-state index contributed by atoms with van der Waals surface area (Å²) in [5, 5.41) is 6.10. The first-order valence-corrected chi connectivity index (χ1v) is 11.7. The van der Waals surface area contributed by atoms with Gasteiger partial charge in [-0.05, 0) is 100 Å². The summed E-state index contributed by atoms with van der Waals surface area (Å²) in [4.78, 5) is 39.5. The van der Waals surface area contributed by atoms with Crippen molar-refractivity contribution in [2.75, 3.05) is 6.54 Å². The molecule has 5 saturated carbocycles. The fourth-order valence-corrected chi connectivity index (χ4v) is 7.71. The summed E-state index contributed by atoms with van der Waals surface area (Å²) in [7, 11) is 0. The lowest BCUT2D eigenvalue weighted by Crippen LogP contribution is -2.57. The molecule has 1 spiro atoms. The zero-order valence-corrected chi connectivity index (χ0v) is 17.8. The summed E-state index contributed by atoms with van der Waals surface area (Å²) in [6.07, 6.45) is 11.1. The van der Waals surface area contributed by atoms with Crippen LogP contribution in [0.5, 0.6) is 0 Å². The molecule has 1 aliphatic heterocycles. The Morgan fingerprint density at radius 3 is 2.21 bits per heavy atom. The number of imide groups is 1. The van der Waals surface area contributed by atoms with Gasteiger partial charge in [0.05, 0.1) is 0 Å². The van der Waals surface area contributed by atoms with Gasteiger partial charge in [0, 0.05) is 6.04 Å². The van der Waals surface area contributed by atoms with Crippen LogP contribution in [0.3, 0.4) is 0 Å². The molecule has 5 aliphatic carbocycles. The number of carbonyl (C=O) groups excluding carboxylic acids is 3. The molecular formula is C23H35N3O3. The van der Waals surface area contributed by atoms with E-state index in [0.717, 1.165) is 35.5 Å². The molecule has 1 unspecified atom stereocenters. The third-order valence-corrected chi connectivity index (χ3v) is 9.06. The lowest BCUT2D eigenvalue weighted by molar-refractivity contribution is -0.137. The van der Waals surface area contributed by atoms with Gasteiger partial charge in [-0.3, -0.25) is 14.5 Å². The maximum absolute atomic E-state index is 13.0. The number of urea groups is 1. The minimum Gasteiger partial charge on any atom is -0.352 e. The fourth-order valence-electron chi connectivity index (χ4n) is 7.71. The summed E-state index contributed by atoms with van der Waals surface area (Å²) in [6.45, 7) is 4.17. The van der Waals surface area contributed by atoms with Crippen LogP contribution in [0, 0.1) is 29.1 Å². The van der Waals surface area contributed by atoms with Crippen LogP contribution < -0.4 is 10.6 Å². The maximum atomic E-state index is 13.0. The molecule has 1 atom stereocenters. The van der Waals surface area contributed by atoms with Crippen LogP contribution in [0.1, 0.15) is 78.1 Å². The van der Waals surface area contributed by atoms with Gasteiger partial charge in [-0.2, -0.15) is 0 Å². The van der Waals surface area contributed by atoms with Crippen molar-refractivity contribution in [2.24, 2.45) is 29.1 Å². The number of carbonyl (C=O) groups is 3. The highest BCUT2D eigenvalue weighted by molar-refractivity contribution is 6.09. The summed E-state index contributed by atoms with van der Waals surface area (Å²) >= 11 is 0. The quantitative estimate of drug-likeness (QED) is 0.710. The van der Waals surface area contributed by atoms with Crippen LogP contribution >= 0.6 is 0 Å². The van der Waals surface area contributed by atoms with Crippen LogP contribution in [0.2, 0.25) is 0 Å². The molecule has 0 aromatic heterocycles. The van der Waals surface area contributed by atoms with Gasteiger partial charge >= 0.3 is 6.03 Å². The molecule has 29 heavy (non-hydrogen) atoms. The van der Waals surface area contributed by atoms with E-state index in [4.69, 9.17) is 0 Å². The zero-order valence-electron chi connectivity index (χ0n) is 17.8. The second-order valence-electron chi connectivity index (χ2n) is 11.2. The molecule has 1 saturated heterocycles. The van der Waals surface area contributed by atoms with Crippen molar-refractivity contribution in [3.63, 3.8) is 0 Å². The van der Waals surface area contributed by atoms with Gasteiger partial charge in [-0.1, -0.05) is 6.92 Å². The van der Waals surface area contributed by atoms with Crippen LogP contribution in [0.25, 0.3) is 0 Å². The molecule has 160 valence electrons. The average Bonchev–Trinajstić information content (AvgIpc) is 2.87. The molecule has 6 nitrogen and oxygen atoms in total. The van der Waals surface area contributed by atoms with E-state index >= 15 is 0 Å². The van der Waals surface area contributed by atoms with Crippen LogP contribution in [0.4, 0.5) is 4.79 Å². The molecular weight excluding hydrogens is 366 g/mol.